The number of rotatable bonds is 4. The highest BCUT2D eigenvalue weighted by Gasteiger charge is 2.70. The van der Waals surface area contributed by atoms with Crippen molar-refractivity contribution < 1.29 is 19.2 Å². The van der Waals surface area contributed by atoms with E-state index in [1.165, 1.54) is 4.90 Å². The van der Waals surface area contributed by atoms with Gasteiger partial charge in [0, 0.05) is 23.7 Å². The van der Waals surface area contributed by atoms with Gasteiger partial charge >= 0.3 is 0 Å². The molecule has 0 bridgehead atoms. The topological polar surface area (TPSA) is 122 Å². The monoisotopic (exact) mass is 404 g/mol. The first kappa shape index (κ1) is 18.5. The summed E-state index contributed by atoms with van der Waals surface area (Å²) in [6.45, 7) is 0. The van der Waals surface area contributed by atoms with Gasteiger partial charge in [0.2, 0.25) is 23.6 Å². The quantitative estimate of drug-likeness (QED) is 0.653. The lowest BCUT2D eigenvalue weighted by Gasteiger charge is -2.29. The second kappa shape index (κ2) is 6.50. The molecule has 30 heavy (non-hydrogen) atoms. The van der Waals surface area contributed by atoms with Gasteiger partial charge < -0.3 is 11.1 Å². The Morgan fingerprint density at radius 2 is 1.70 bits per heavy atom. The summed E-state index contributed by atoms with van der Waals surface area (Å²) in [5.41, 5.74) is 5.69. The number of para-hydroxylation sites is 2. The average molecular weight is 404 g/mol. The highest BCUT2D eigenvalue weighted by Crippen LogP contribution is 2.53. The van der Waals surface area contributed by atoms with Crippen LogP contribution in [0.4, 0.5) is 11.4 Å². The Morgan fingerprint density at radius 3 is 2.43 bits per heavy atom. The molecule has 0 aromatic heterocycles. The summed E-state index contributed by atoms with van der Waals surface area (Å²) < 4.78 is 0. The fourth-order valence-electron chi connectivity index (χ4n) is 5.14. The number of hydrogen-bond acceptors (Lipinski definition) is 5. The Morgan fingerprint density at radius 1 is 1.00 bits per heavy atom. The summed E-state index contributed by atoms with van der Waals surface area (Å²) in [5, 5.41) is 6.12. The van der Waals surface area contributed by atoms with Gasteiger partial charge in [0.1, 0.15) is 5.54 Å². The Labute approximate surface area is 172 Å². The van der Waals surface area contributed by atoms with Crippen LogP contribution in [-0.2, 0) is 24.7 Å². The molecular weight excluding hydrogens is 384 g/mol. The number of amides is 4. The number of nitrogens with two attached hydrogens (primary N) is 1. The lowest BCUT2D eigenvalue weighted by Crippen LogP contribution is -2.53. The van der Waals surface area contributed by atoms with E-state index in [4.69, 9.17) is 5.73 Å². The van der Waals surface area contributed by atoms with E-state index in [1.807, 2.05) is 0 Å². The van der Waals surface area contributed by atoms with E-state index in [2.05, 4.69) is 10.6 Å². The number of carbonyl (C=O) groups excluding carboxylic acids is 4. The number of anilines is 2. The summed E-state index contributed by atoms with van der Waals surface area (Å²) in [4.78, 5) is 52.8. The van der Waals surface area contributed by atoms with Gasteiger partial charge in [-0.25, -0.2) is 4.90 Å². The van der Waals surface area contributed by atoms with Crippen LogP contribution in [0.2, 0.25) is 0 Å². The van der Waals surface area contributed by atoms with E-state index in [-0.39, 0.29) is 24.7 Å². The van der Waals surface area contributed by atoms with E-state index in [0.717, 1.165) is 0 Å². The largest absolute Gasteiger partial charge is 0.370 e. The highest BCUT2D eigenvalue weighted by atomic mass is 16.2. The minimum atomic E-state index is -1.36. The number of fused-ring (bicyclic) bond motifs is 4. The smallest absolute Gasteiger partial charge is 0.250 e. The van der Waals surface area contributed by atoms with Crippen LogP contribution in [0.25, 0.3) is 0 Å². The molecule has 5 rings (SSSR count). The third-order valence-electron chi connectivity index (χ3n) is 6.34. The second-order valence-corrected chi connectivity index (χ2v) is 7.91. The number of carbonyl (C=O) groups is 4. The van der Waals surface area contributed by atoms with E-state index in [1.54, 1.807) is 54.6 Å². The van der Waals surface area contributed by atoms with Crippen LogP contribution < -0.4 is 21.3 Å². The Kier molecular flexibility index (Phi) is 4.01. The first-order valence-corrected chi connectivity index (χ1v) is 9.85. The van der Waals surface area contributed by atoms with Gasteiger partial charge in [0.15, 0.2) is 0 Å². The first-order valence-electron chi connectivity index (χ1n) is 9.85. The van der Waals surface area contributed by atoms with Crippen LogP contribution in [0.1, 0.15) is 18.4 Å². The van der Waals surface area contributed by atoms with Gasteiger partial charge in [-0.05, 0) is 24.6 Å². The molecule has 0 saturated carbocycles. The molecule has 3 heterocycles. The van der Waals surface area contributed by atoms with E-state index in [9.17, 15) is 19.2 Å². The molecule has 8 nitrogen and oxygen atoms in total. The van der Waals surface area contributed by atoms with Crippen LogP contribution in [-0.4, -0.2) is 29.7 Å². The molecule has 1 spiro atoms. The van der Waals surface area contributed by atoms with Crippen LogP contribution in [0, 0.1) is 11.8 Å². The van der Waals surface area contributed by atoms with Crippen molar-refractivity contribution in [3.05, 3.63) is 60.2 Å². The molecule has 0 radical (unpaired) electrons. The minimum absolute atomic E-state index is 0.0487. The predicted octanol–water partition coefficient (Wildman–Crippen LogP) is 0.877. The molecule has 2 aromatic rings. The van der Waals surface area contributed by atoms with E-state index < -0.39 is 35.2 Å². The number of nitrogens with one attached hydrogen (secondary N) is 2. The second-order valence-electron chi connectivity index (χ2n) is 7.91. The number of primary amides is 1. The van der Waals surface area contributed by atoms with Crippen molar-refractivity contribution in [3.8, 4) is 0 Å². The Balaban J connectivity index is 1.65. The maximum atomic E-state index is 13.6. The SMILES string of the molecule is NC(=O)CC[C@@H]1N[C@]2(C(=O)Nc3ccccc32)[C@@H]2C(=O)N(c3ccccc3)C(=O)[C@@H]12. The van der Waals surface area contributed by atoms with Gasteiger partial charge in [-0.3, -0.25) is 24.5 Å². The van der Waals surface area contributed by atoms with Crippen molar-refractivity contribution in [2.75, 3.05) is 10.2 Å². The maximum absolute atomic E-state index is 13.6. The lowest BCUT2D eigenvalue weighted by molar-refractivity contribution is -0.130. The molecule has 3 aliphatic heterocycles. The summed E-state index contributed by atoms with van der Waals surface area (Å²) in [7, 11) is 0. The third kappa shape index (κ3) is 2.37. The van der Waals surface area contributed by atoms with E-state index in [0.29, 0.717) is 16.9 Å². The van der Waals surface area contributed by atoms with Gasteiger partial charge in [-0.15, -0.1) is 0 Å². The lowest BCUT2D eigenvalue weighted by atomic mass is 9.76. The molecular formula is C22H20N4O4. The summed E-state index contributed by atoms with van der Waals surface area (Å²) in [6.07, 6.45) is 0.308. The zero-order valence-corrected chi connectivity index (χ0v) is 16.0. The Bertz CT molecular complexity index is 1090. The number of nitrogens with zero attached hydrogens (tertiary/aromatic N) is 1. The molecule has 2 aromatic carbocycles. The standard InChI is InChI=1S/C22H20N4O4/c23-16(27)11-10-15-17-18(20(29)26(19(17)28)12-6-2-1-3-7-12)22(25-15)13-8-4-5-9-14(13)24-21(22)30/h1-9,15,17-18,25H,10-11H2,(H2,23,27)(H,24,30)/t15-,17-,18-,22-/m0/s1. The molecule has 4 atom stereocenters. The molecule has 2 saturated heterocycles. The van der Waals surface area contributed by atoms with Gasteiger partial charge in [-0.1, -0.05) is 36.4 Å². The zero-order valence-electron chi connectivity index (χ0n) is 16.0. The van der Waals surface area contributed by atoms with Crippen LogP contribution in [0.5, 0.6) is 0 Å². The number of benzene rings is 2. The van der Waals surface area contributed by atoms with E-state index >= 15 is 0 Å². The summed E-state index contributed by atoms with van der Waals surface area (Å²) in [6, 6.07) is 15.3. The molecule has 0 aliphatic carbocycles. The molecule has 4 N–H and O–H groups in total. The molecule has 152 valence electrons. The molecule has 3 aliphatic rings. The Hall–Kier alpha value is -3.52. The van der Waals surface area contributed by atoms with Crippen LogP contribution in [0.15, 0.2) is 54.6 Å². The fraction of sp³-hybridized carbons (Fsp3) is 0.273. The minimum Gasteiger partial charge on any atom is -0.370 e. The average Bonchev–Trinajstić information content (AvgIpc) is 3.32. The highest BCUT2D eigenvalue weighted by molar-refractivity contribution is 6.25. The summed E-state index contributed by atoms with van der Waals surface area (Å²) in [5.74, 6) is -3.33. The number of hydrogen-bond donors (Lipinski definition) is 3. The normalized spacial score (nSPS) is 29.3. The van der Waals surface area contributed by atoms with Gasteiger partial charge in [0.25, 0.3) is 0 Å². The molecule has 8 heteroatoms. The van der Waals surface area contributed by atoms with Crippen molar-refractivity contribution in [3.63, 3.8) is 0 Å². The van der Waals surface area contributed by atoms with Crippen LogP contribution >= 0.6 is 0 Å². The molecule has 2 fully saturated rings. The van der Waals surface area contributed by atoms with Crippen molar-refractivity contribution in [2.24, 2.45) is 17.6 Å². The van der Waals surface area contributed by atoms with Gasteiger partial charge in [-0.2, -0.15) is 0 Å². The van der Waals surface area contributed by atoms with Crippen molar-refractivity contribution >= 4 is 35.0 Å². The number of imide groups is 1. The van der Waals surface area contributed by atoms with Crippen molar-refractivity contribution in [1.29, 1.82) is 0 Å². The summed E-state index contributed by atoms with van der Waals surface area (Å²) >= 11 is 0. The fourth-order valence-corrected chi connectivity index (χ4v) is 5.14. The third-order valence-corrected chi connectivity index (χ3v) is 6.34. The first-order chi connectivity index (χ1) is 14.4. The van der Waals surface area contributed by atoms with Crippen LogP contribution in [0.3, 0.4) is 0 Å². The molecule has 0 unspecified atom stereocenters. The van der Waals surface area contributed by atoms with Crippen molar-refractivity contribution in [2.45, 2.75) is 24.4 Å². The molecule has 4 amide bonds. The zero-order chi connectivity index (χ0) is 21.0. The predicted molar refractivity (Wildman–Crippen MR) is 108 cm³/mol. The van der Waals surface area contributed by atoms with Crippen molar-refractivity contribution in [1.82, 2.24) is 5.32 Å². The maximum Gasteiger partial charge on any atom is 0.250 e. The van der Waals surface area contributed by atoms with Gasteiger partial charge in [0.05, 0.1) is 17.5 Å².